The number of anilines is 1. The number of carbonyl (C=O) groups is 1. The number of amides is 1. The minimum absolute atomic E-state index is 0.0208. The third kappa shape index (κ3) is 3.98. The van der Waals surface area contributed by atoms with Gasteiger partial charge in [-0.05, 0) is 37.1 Å². The minimum atomic E-state index is -0.0208. The quantitative estimate of drug-likeness (QED) is 0.823. The lowest BCUT2D eigenvalue weighted by Crippen LogP contribution is -2.13. The van der Waals surface area contributed by atoms with Gasteiger partial charge in [-0.25, -0.2) is 4.98 Å². The normalized spacial score (nSPS) is 14.0. The van der Waals surface area contributed by atoms with Crippen molar-refractivity contribution in [3.63, 3.8) is 0 Å². The third-order valence-corrected chi connectivity index (χ3v) is 4.98. The number of nitrogens with zero attached hydrogens (tertiary/aromatic N) is 1. The van der Waals surface area contributed by atoms with Crippen molar-refractivity contribution in [3.8, 4) is 5.75 Å². The highest BCUT2D eigenvalue weighted by atomic mass is 32.2. The van der Waals surface area contributed by atoms with Gasteiger partial charge in [0.05, 0.1) is 18.6 Å². The molecule has 4 nitrogen and oxygen atoms in total. The van der Waals surface area contributed by atoms with Crippen molar-refractivity contribution in [1.29, 1.82) is 0 Å². The van der Waals surface area contributed by atoms with Gasteiger partial charge in [0.2, 0.25) is 5.91 Å². The van der Waals surface area contributed by atoms with Gasteiger partial charge in [-0.3, -0.25) is 4.79 Å². The van der Waals surface area contributed by atoms with Crippen LogP contribution < -0.4 is 10.1 Å². The van der Waals surface area contributed by atoms with Gasteiger partial charge in [-0.2, -0.15) is 0 Å². The summed E-state index contributed by atoms with van der Waals surface area (Å²) in [6.45, 7) is 0. The number of hydrogen-bond donors (Lipinski definition) is 1. The van der Waals surface area contributed by atoms with E-state index in [1.165, 1.54) is 35.9 Å². The Morgan fingerprint density at radius 2 is 2.19 bits per heavy atom. The Kier molecular flexibility index (Phi) is 4.45. The van der Waals surface area contributed by atoms with Crippen molar-refractivity contribution in [2.75, 3.05) is 18.2 Å². The van der Waals surface area contributed by atoms with Crippen LogP contribution in [0.3, 0.4) is 0 Å². The fraction of sp³-hybridized carbons (Fsp3) is 0.333. The van der Waals surface area contributed by atoms with Gasteiger partial charge in [-0.15, -0.1) is 23.1 Å². The predicted octanol–water partition coefficient (Wildman–Crippen LogP) is 3.76. The standard InChI is InChI=1S/C15H16N2O2S2/c1-19-11-4-6-12(7-5-11)20-9-14(18)17-15-16-13(8-21-15)10-2-3-10/h4-8,10H,2-3,9H2,1H3,(H,16,17,18). The van der Waals surface area contributed by atoms with Crippen molar-refractivity contribution in [3.05, 3.63) is 35.3 Å². The second kappa shape index (κ2) is 6.49. The van der Waals surface area contributed by atoms with E-state index in [0.717, 1.165) is 16.3 Å². The van der Waals surface area contributed by atoms with E-state index in [0.29, 0.717) is 16.8 Å². The zero-order valence-corrected chi connectivity index (χ0v) is 13.3. The molecule has 3 rings (SSSR count). The highest BCUT2D eigenvalue weighted by Crippen LogP contribution is 2.40. The summed E-state index contributed by atoms with van der Waals surface area (Å²) in [5, 5.41) is 5.61. The largest absolute Gasteiger partial charge is 0.497 e. The summed E-state index contributed by atoms with van der Waals surface area (Å²) in [5.74, 6) is 1.80. The van der Waals surface area contributed by atoms with Crippen LogP contribution in [0, 0.1) is 0 Å². The molecule has 110 valence electrons. The molecule has 1 aromatic heterocycles. The number of thiazole rings is 1. The van der Waals surface area contributed by atoms with Crippen LogP contribution in [0.1, 0.15) is 24.5 Å². The molecule has 2 aromatic rings. The molecule has 0 atom stereocenters. The van der Waals surface area contributed by atoms with Gasteiger partial charge >= 0.3 is 0 Å². The van der Waals surface area contributed by atoms with Gasteiger partial charge in [0, 0.05) is 16.2 Å². The molecule has 6 heteroatoms. The van der Waals surface area contributed by atoms with Crippen LogP contribution in [0.4, 0.5) is 5.13 Å². The highest BCUT2D eigenvalue weighted by molar-refractivity contribution is 8.00. The summed E-state index contributed by atoms with van der Waals surface area (Å²) in [4.78, 5) is 17.4. The summed E-state index contributed by atoms with van der Waals surface area (Å²) in [6, 6.07) is 7.68. The highest BCUT2D eigenvalue weighted by Gasteiger charge is 2.26. The second-order valence-electron chi connectivity index (χ2n) is 4.86. The van der Waals surface area contributed by atoms with Crippen LogP contribution in [0.25, 0.3) is 0 Å². The summed E-state index contributed by atoms with van der Waals surface area (Å²) in [5.41, 5.74) is 1.12. The fourth-order valence-electron chi connectivity index (χ4n) is 1.89. The molecule has 0 saturated heterocycles. The van der Waals surface area contributed by atoms with Crippen molar-refractivity contribution >= 4 is 34.1 Å². The number of ether oxygens (including phenoxy) is 1. The van der Waals surface area contributed by atoms with E-state index in [-0.39, 0.29) is 5.91 Å². The molecule has 0 radical (unpaired) electrons. The lowest BCUT2D eigenvalue weighted by atomic mass is 10.3. The van der Waals surface area contributed by atoms with E-state index in [1.807, 2.05) is 29.6 Å². The monoisotopic (exact) mass is 320 g/mol. The Hall–Kier alpha value is -1.53. The first kappa shape index (κ1) is 14.4. The van der Waals surface area contributed by atoms with Crippen molar-refractivity contribution < 1.29 is 9.53 Å². The molecular weight excluding hydrogens is 304 g/mol. The molecule has 1 aliphatic carbocycles. The number of nitrogens with one attached hydrogen (secondary N) is 1. The van der Waals surface area contributed by atoms with Gasteiger partial charge in [0.1, 0.15) is 5.75 Å². The number of methoxy groups -OCH3 is 1. The topological polar surface area (TPSA) is 51.2 Å². The first-order chi connectivity index (χ1) is 10.2. The average molecular weight is 320 g/mol. The summed E-state index contributed by atoms with van der Waals surface area (Å²) in [7, 11) is 1.64. The average Bonchev–Trinajstić information content (AvgIpc) is 3.26. The maximum Gasteiger partial charge on any atom is 0.236 e. The third-order valence-electron chi connectivity index (χ3n) is 3.19. The SMILES string of the molecule is COc1ccc(SCC(=O)Nc2nc(C3CC3)cs2)cc1. The van der Waals surface area contributed by atoms with Crippen molar-refractivity contribution in [2.45, 2.75) is 23.7 Å². The first-order valence-corrected chi connectivity index (χ1v) is 8.63. The molecule has 1 amide bonds. The number of rotatable bonds is 6. The smallest absolute Gasteiger partial charge is 0.236 e. The van der Waals surface area contributed by atoms with Crippen LogP contribution in [0.15, 0.2) is 34.5 Å². The number of hydrogen-bond acceptors (Lipinski definition) is 5. The number of thioether (sulfide) groups is 1. The second-order valence-corrected chi connectivity index (χ2v) is 6.77. The lowest BCUT2D eigenvalue weighted by Gasteiger charge is -2.03. The van der Waals surface area contributed by atoms with Crippen LogP contribution in [0.2, 0.25) is 0 Å². The first-order valence-electron chi connectivity index (χ1n) is 6.77. The van der Waals surface area contributed by atoms with Crippen LogP contribution in [-0.2, 0) is 4.79 Å². The fourth-order valence-corrected chi connectivity index (χ4v) is 3.39. The lowest BCUT2D eigenvalue weighted by molar-refractivity contribution is -0.113. The summed E-state index contributed by atoms with van der Waals surface area (Å²) >= 11 is 3.01. The molecule has 0 aliphatic heterocycles. The molecule has 1 fully saturated rings. The Labute approximate surface area is 131 Å². The number of carbonyl (C=O) groups excluding carboxylic acids is 1. The Morgan fingerprint density at radius 1 is 1.43 bits per heavy atom. The van der Waals surface area contributed by atoms with E-state index in [1.54, 1.807) is 7.11 Å². The summed E-state index contributed by atoms with van der Waals surface area (Å²) < 4.78 is 5.11. The maximum atomic E-state index is 11.9. The molecule has 0 unspecified atom stereocenters. The molecule has 0 bridgehead atoms. The molecule has 1 heterocycles. The van der Waals surface area contributed by atoms with Gasteiger partial charge in [0.25, 0.3) is 0 Å². The Balaban J connectivity index is 1.48. The molecular formula is C15H16N2O2S2. The van der Waals surface area contributed by atoms with Crippen LogP contribution >= 0.6 is 23.1 Å². The number of aromatic nitrogens is 1. The van der Waals surface area contributed by atoms with E-state index in [2.05, 4.69) is 10.3 Å². The molecule has 1 N–H and O–H groups in total. The van der Waals surface area contributed by atoms with E-state index >= 15 is 0 Å². The summed E-state index contributed by atoms with van der Waals surface area (Å²) in [6.07, 6.45) is 2.45. The molecule has 0 spiro atoms. The number of benzene rings is 1. The van der Waals surface area contributed by atoms with Crippen molar-refractivity contribution in [2.24, 2.45) is 0 Å². The minimum Gasteiger partial charge on any atom is -0.497 e. The van der Waals surface area contributed by atoms with E-state index < -0.39 is 0 Å². The Morgan fingerprint density at radius 3 is 2.86 bits per heavy atom. The van der Waals surface area contributed by atoms with Crippen molar-refractivity contribution in [1.82, 2.24) is 4.98 Å². The van der Waals surface area contributed by atoms with Crippen LogP contribution in [0.5, 0.6) is 5.75 Å². The zero-order chi connectivity index (χ0) is 14.7. The van der Waals surface area contributed by atoms with E-state index in [4.69, 9.17) is 4.74 Å². The molecule has 1 aliphatic rings. The molecule has 21 heavy (non-hydrogen) atoms. The maximum absolute atomic E-state index is 11.9. The van der Waals surface area contributed by atoms with Gasteiger partial charge < -0.3 is 10.1 Å². The van der Waals surface area contributed by atoms with Gasteiger partial charge in [0.15, 0.2) is 5.13 Å². The van der Waals surface area contributed by atoms with Crippen LogP contribution in [-0.4, -0.2) is 23.8 Å². The molecule has 1 saturated carbocycles. The molecule has 1 aromatic carbocycles. The van der Waals surface area contributed by atoms with Gasteiger partial charge in [-0.1, -0.05) is 0 Å². The zero-order valence-electron chi connectivity index (χ0n) is 11.7. The van der Waals surface area contributed by atoms with E-state index in [9.17, 15) is 4.79 Å². The Bertz CT molecular complexity index is 621. The predicted molar refractivity (Wildman–Crippen MR) is 86.4 cm³/mol.